The van der Waals surface area contributed by atoms with Crippen LogP contribution in [-0.2, 0) is 17.9 Å². The minimum Gasteiger partial charge on any atom is -0.390 e. The Balaban J connectivity index is 1.97. The topological polar surface area (TPSA) is 50.2 Å². The number of aliphatic hydroxyl groups is 1. The third-order valence-corrected chi connectivity index (χ3v) is 3.15. The monoisotopic (exact) mass is 228 g/mol. The first-order valence-corrected chi connectivity index (χ1v) is 5.71. The van der Waals surface area contributed by atoms with E-state index in [1.807, 2.05) is 4.57 Å². The quantitative estimate of drug-likeness (QED) is 0.770. The van der Waals surface area contributed by atoms with Gasteiger partial charge in [-0.2, -0.15) is 0 Å². The summed E-state index contributed by atoms with van der Waals surface area (Å²) in [4.78, 5) is 2.94. The molecular weight excluding hydrogens is 212 g/mol. The second-order valence-electron chi connectivity index (χ2n) is 3.82. The first kappa shape index (κ1) is 10.9. The van der Waals surface area contributed by atoms with Crippen LogP contribution in [0.3, 0.4) is 0 Å². The number of aromatic nitrogens is 2. The molecule has 84 valence electrons. The van der Waals surface area contributed by atoms with Crippen molar-refractivity contribution in [3.8, 4) is 0 Å². The molecule has 1 unspecified atom stereocenters. The number of nitrogens with one attached hydrogen (secondary N) is 1. The normalized spacial score (nSPS) is 21.0. The van der Waals surface area contributed by atoms with Crippen molar-refractivity contribution in [2.75, 3.05) is 6.61 Å². The number of nitrogens with zero attached hydrogens (tertiary/aromatic N) is 1. The van der Waals surface area contributed by atoms with Crippen LogP contribution in [0.25, 0.3) is 0 Å². The van der Waals surface area contributed by atoms with E-state index in [-0.39, 0.29) is 6.61 Å². The highest BCUT2D eigenvalue weighted by molar-refractivity contribution is 7.71. The van der Waals surface area contributed by atoms with Gasteiger partial charge >= 0.3 is 0 Å². The van der Waals surface area contributed by atoms with Crippen LogP contribution < -0.4 is 0 Å². The van der Waals surface area contributed by atoms with Crippen LogP contribution in [0, 0.1) is 4.77 Å². The molecule has 1 aromatic heterocycles. The third-order valence-electron chi connectivity index (χ3n) is 2.81. The minimum absolute atomic E-state index is 0.0265. The number of ether oxygens (including phenoxy) is 1. The molecule has 0 spiro atoms. The third kappa shape index (κ3) is 2.48. The predicted octanol–water partition coefficient (Wildman–Crippen LogP) is 1.61. The lowest BCUT2D eigenvalue weighted by Crippen LogP contribution is -2.11. The molecule has 0 bridgehead atoms. The molecule has 2 N–H and O–H groups in total. The van der Waals surface area contributed by atoms with Crippen molar-refractivity contribution in [2.45, 2.75) is 38.5 Å². The van der Waals surface area contributed by atoms with Crippen LogP contribution >= 0.6 is 12.2 Å². The van der Waals surface area contributed by atoms with E-state index in [2.05, 4.69) is 4.98 Å². The Kier molecular flexibility index (Phi) is 3.56. The molecular formula is C10H16N2O2S. The molecule has 4 nitrogen and oxygen atoms in total. The van der Waals surface area contributed by atoms with Crippen molar-refractivity contribution in [3.05, 3.63) is 16.7 Å². The highest BCUT2D eigenvalue weighted by Crippen LogP contribution is 2.16. The van der Waals surface area contributed by atoms with Crippen LogP contribution in [0.4, 0.5) is 0 Å². The highest BCUT2D eigenvalue weighted by Gasteiger charge is 2.15. The zero-order valence-corrected chi connectivity index (χ0v) is 9.42. The number of aromatic amines is 1. The molecule has 0 aromatic carbocycles. The summed E-state index contributed by atoms with van der Waals surface area (Å²) in [7, 11) is 0. The lowest BCUT2D eigenvalue weighted by Gasteiger charge is -2.11. The average molecular weight is 228 g/mol. The van der Waals surface area contributed by atoms with E-state index in [1.165, 1.54) is 0 Å². The molecule has 2 heterocycles. The first-order chi connectivity index (χ1) is 7.31. The SMILES string of the molecule is OCc1c[nH]c(=S)n1CCC1CCCO1. The molecule has 1 aliphatic heterocycles. The molecule has 0 amide bonds. The Morgan fingerprint density at radius 2 is 2.53 bits per heavy atom. The summed E-state index contributed by atoms with van der Waals surface area (Å²) in [5.74, 6) is 0. The summed E-state index contributed by atoms with van der Waals surface area (Å²) in [6, 6.07) is 0. The Morgan fingerprint density at radius 3 is 3.20 bits per heavy atom. The fourth-order valence-electron chi connectivity index (χ4n) is 1.95. The molecule has 5 heteroatoms. The highest BCUT2D eigenvalue weighted by atomic mass is 32.1. The zero-order chi connectivity index (χ0) is 10.7. The van der Waals surface area contributed by atoms with Gasteiger partial charge in [0.25, 0.3) is 0 Å². The molecule has 0 aliphatic carbocycles. The fraction of sp³-hybridized carbons (Fsp3) is 0.700. The van der Waals surface area contributed by atoms with Crippen LogP contribution in [0.2, 0.25) is 0 Å². The maximum absolute atomic E-state index is 9.11. The number of aliphatic hydroxyl groups excluding tert-OH is 1. The second-order valence-corrected chi connectivity index (χ2v) is 4.21. The van der Waals surface area contributed by atoms with Crippen LogP contribution in [-0.4, -0.2) is 27.4 Å². The van der Waals surface area contributed by atoms with Crippen LogP contribution in [0.5, 0.6) is 0 Å². The number of hydrogen-bond donors (Lipinski definition) is 2. The van der Waals surface area contributed by atoms with Gasteiger partial charge in [0, 0.05) is 19.3 Å². The van der Waals surface area contributed by atoms with Crippen molar-refractivity contribution in [2.24, 2.45) is 0 Å². The summed E-state index contributed by atoms with van der Waals surface area (Å²) < 4.78 is 8.16. The van der Waals surface area contributed by atoms with E-state index < -0.39 is 0 Å². The minimum atomic E-state index is 0.0265. The van der Waals surface area contributed by atoms with Gasteiger partial charge in [0.2, 0.25) is 0 Å². The van der Waals surface area contributed by atoms with Crippen molar-refractivity contribution in [1.29, 1.82) is 0 Å². The summed E-state index contributed by atoms with van der Waals surface area (Å²) >= 11 is 5.13. The van der Waals surface area contributed by atoms with Crippen molar-refractivity contribution < 1.29 is 9.84 Å². The van der Waals surface area contributed by atoms with Crippen molar-refractivity contribution in [1.82, 2.24) is 9.55 Å². The molecule has 1 aliphatic rings. The molecule has 1 atom stereocenters. The Hall–Kier alpha value is -0.650. The van der Waals surface area contributed by atoms with Gasteiger partial charge < -0.3 is 19.4 Å². The molecule has 1 aromatic rings. The van der Waals surface area contributed by atoms with E-state index in [0.717, 1.165) is 38.1 Å². The van der Waals surface area contributed by atoms with Gasteiger partial charge in [0.1, 0.15) is 0 Å². The predicted molar refractivity (Wildman–Crippen MR) is 59.1 cm³/mol. The van der Waals surface area contributed by atoms with Crippen LogP contribution in [0.15, 0.2) is 6.20 Å². The van der Waals surface area contributed by atoms with Gasteiger partial charge in [0.05, 0.1) is 18.4 Å². The van der Waals surface area contributed by atoms with Gasteiger partial charge in [-0.25, -0.2) is 0 Å². The molecule has 1 fully saturated rings. The maximum atomic E-state index is 9.11. The van der Waals surface area contributed by atoms with Crippen molar-refractivity contribution >= 4 is 12.2 Å². The van der Waals surface area contributed by atoms with E-state index in [1.54, 1.807) is 6.20 Å². The van der Waals surface area contributed by atoms with E-state index in [9.17, 15) is 0 Å². The lowest BCUT2D eigenvalue weighted by atomic mass is 10.2. The van der Waals surface area contributed by atoms with E-state index in [0.29, 0.717) is 10.9 Å². The number of imidazole rings is 1. The molecule has 1 saturated heterocycles. The van der Waals surface area contributed by atoms with Gasteiger partial charge in [-0.15, -0.1) is 0 Å². The second kappa shape index (κ2) is 4.92. The van der Waals surface area contributed by atoms with Gasteiger partial charge in [-0.3, -0.25) is 0 Å². The van der Waals surface area contributed by atoms with Crippen LogP contribution in [0.1, 0.15) is 25.0 Å². The fourth-order valence-corrected chi connectivity index (χ4v) is 2.22. The Labute approximate surface area is 93.9 Å². The van der Waals surface area contributed by atoms with E-state index >= 15 is 0 Å². The zero-order valence-electron chi connectivity index (χ0n) is 8.61. The molecule has 15 heavy (non-hydrogen) atoms. The first-order valence-electron chi connectivity index (χ1n) is 5.31. The lowest BCUT2D eigenvalue weighted by molar-refractivity contribution is 0.0997. The summed E-state index contributed by atoms with van der Waals surface area (Å²) in [5.41, 5.74) is 0.845. The largest absolute Gasteiger partial charge is 0.390 e. The summed E-state index contributed by atoms with van der Waals surface area (Å²) in [6.45, 7) is 1.73. The molecule has 2 rings (SSSR count). The van der Waals surface area contributed by atoms with Crippen molar-refractivity contribution in [3.63, 3.8) is 0 Å². The number of H-pyrrole nitrogens is 1. The Bertz CT molecular complexity index is 366. The average Bonchev–Trinajstić information content (AvgIpc) is 2.84. The van der Waals surface area contributed by atoms with Gasteiger partial charge in [0.15, 0.2) is 4.77 Å². The maximum Gasteiger partial charge on any atom is 0.177 e. The summed E-state index contributed by atoms with van der Waals surface area (Å²) in [5, 5.41) is 9.11. The van der Waals surface area contributed by atoms with Gasteiger partial charge in [-0.05, 0) is 31.5 Å². The molecule has 0 radical (unpaired) electrons. The summed E-state index contributed by atoms with van der Waals surface area (Å²) in [6.07, 6.45) is 5.41. The standard InChI is InChI=1S/C10H16N2O2S/c13-7-8-6-11-10(15)12(8)4-3-9-2-1-5-14-9/h6,9,13H,1-5,7H2,(H,11,15). The Morgan fingerprint density at radius 1 is 1.67 bits per heavy atom. The number of rotatable bonds is 4. The smallest absolute Gasteiger partial charge is 0.177 e. The molecule has 0 saturated carbocycles. The van der Waals surface area contributed by atoms with E-state index in [4.69, 9.17) is 22.1 Å². The number of hydrogen-bond acceptors (Lipinski definition) is 3. The van der Waals surface area contributed by atoms with Gasteiger partial charge in [-0.1, -0.05) is 0 Å².